The molecule has 0 saturated carbocycles. The molecule has 4 heterocycles. The van der Waals surface area contributed by atoms with Crippen molar-refractivity contribution in [1.82, 2.24) is 14.8 Å². The van der Waals surface area contributed by atoms with Gasteiger partial charge < -0.3 is 9.32 Å². The second-order valence-electron chi connectivity index (χ2n) is 5.93. The zero-order valence-corrected chi connectivity index (χ0v) is 12.5. The van der Waals surface area contributed by atoms with Crippen LogP contribution in [-0.2, 0) is 6.54 Å². The van der Waals surface area contributed by atoms with Crippen LogP contribution in [0, 0.1) is 11.8 Å². The standard InChI is InChI=1S/C15H17N3O2S/c19-15(14-9-21-10-16-14)18-6-12-4-17(5-13(12)7-18)3-11-1-2-20-8-11/h1-2,8-10,12-13H,3-7H2/t12-,13-/m1/s1. The summed E-state index contributed by atoms with van der Waals surface area (Å²) < 4.78 is 5.12. The van der Waals surface area contributed by atoms with E-state index < -0.39 is 0 Å². The van der Waals surface area contributed by atoms with Gasteiger partial charge in [0, 0.05) is 43.7 Å². The number of nitrogens with zero attached hydrogens (tertiary/aromatic N) is 3. The first-order chi connectivity index (χ1) is 10.3. The molecule has 2 aromatic rings. The molecule has 0 aliphatic carbocycles. The number of carbonyl (C=O) groups is 1. The van der Waals surface area contributed by atoms with Crippen LogP contribution >= 0.6 is 11.3 Å². The molecule has 2 aliphatic rings. The van der Waals surface area contributed by atoms with E-state index in [2.05, 4.69) is 9.88 Å². The van der Waals surface area contributed by atoms with Crippen molar-refractivity contribution in [3.63, 3.8) is 0 Å². The number of likely N-dealkylation sites (tertiary alicyclic amines) is 2. The highest BCUT2D eigenvalue weighted by Crippen LogP contribution is 2.32. The molecule has 110 valence electrons. The third-order valence-electron chi connectivity index (χ3n) is 4.49. The van der Waals surface area contributed by atoms with Gasteiger partial charge in [0.15, 0.2) is 0 Å². The van der Waals surface area contributed by atoms with E-state index in [1.165, 1.54) is 16.9 Å². The summed E-state index contributed by atoms with van der Waals surface area (Å²) in [5, 5.41) is 1.83. The van der Waals surface area contributed by atoms with E-state index in [9.17, 15) is 4.79 Å². The fraction of sp³-hybridized carbons (Fsp3) is 0.467. The smallest absolute Gasteiger partial charge is 0.273 e. The normalized spacial score (nSPS) is 25.4. The number of fused-ring (bicyclic) bond motifs is 1. The Balaban J connectivity index is 1.36. The Hall–Kier alpha value is -1.66. The minimum atomic E-state index is 0.0898. The number of furan rings is 1. The molecule has 2 atom stereocenters. The molecule has 4 rings (SSSR count). The number of amides is 1. The van der Waals surface area contributed by atoms with Gasteiger partial charge in [-0.1, -0.05) is 0 Å². The molecule has 5 nitrogen and oxygen atoms in total. The highest BCUT2D eigenvalue weighted by atomic mass is 32.1. The predicted octanol–water partition coefficient (Wildman–Crippen LogP) is 1.94. The maximum Gasteiger partial charge on any atom is 0.273 e. The fourth-order valence-electron chi connectivity index (χ4n) is 3.51. The SMILES string of the molecule is O=C(c1cscn1)N1C[C@H]2CN(Cc3ccoc3)C[C@@H]2C1. The van der Waals surface area contributed by atoms with Gasteiger partial charge in [0.05, 0.1) is 18.0 Å². The van der Waals surface area contributed by atoms with Gasteiger partial charge in [0.2, 0.25) is 0 Å². The van der Waals surface area contributed by atoms with Crippen molar-refractivity contribution in [1.29, 1.82) is 0 Å². The molecular weight excluding hydrogens is 286 g/mol. The Morgan fingerprint density at radius 2 is 2.14 bits per heavy atom. The Morgan fingerprint density at radius 1 is 1.33 bits per heavy atom. The lowest BCUT2D eigenvalue weighted by atomic mass is 10.0. The lowest BCUT2D eigenvalue weighted by molar-refractivity contribution is 0.0768. The summed E-state index contributed by atoms with van der Waals surface area (Å²) >= 11 is 1.47. The third kappa shape index (κ3) is 2.49. The molecule has 0 spiro atoms. The average Bonchev–Trinajstić information content (AvgIpc) is 3.23. The molecule has 0 aromatic carbocycles. The number of rotatable bonds is 3. The van der Waals surface area contributed by atoms with Gasteiger partial charge in [-0.05, 0) is 17.9 Å². The largest absolute Gasteiger partial charge is 0.472 e. The number of thiazole rings is 1. The van der Waals surface area contributed by atoms with Crippen LogP contribution in [0.25, 0.3) is 0 Å². The highest BCUT2D eigenvalue weighted by Gasteiger charge is 2.41. The Bertz CT molecular complexity index is 597. The van der Waals surface area contributed by atoms with Crippen molar-refractivity contribution >= 4 is 17.2 Å². The molecule has 6 heteroatoms. The molecule has 21 heavy (non-hydrogen) atoms. The first-order valence-corrected chi connectivity index (χ1v) is 8.15. The third-order valence-corrected chi connectivity index (χ3v) is 5.07. The summed E-state index contributed by atoms with van der Waals surface area (Å²) in [6.07, 6.45) is 3.53. The minimum absolute atomic E-state index is 0.0898. The Labute approximate surface area is 127 Å². The summed E-state index contributed by atoms with van der Waals surface area (Å²) in [7, 11) is 0. The van der Waals surface area contributed by atoms with Gasteiger partial charge in [-0.15, -0.1) is 11.3 Å². The molecule has 2 saturated heterocycles. The molecule has 1 amide bonds. The van der Waals surface area contributed by atoms with E-state index in [1.54, 1.807) is 11.8 Å². The van der Waals surface area contributed by atoms with Gasteiger partial charge in [-0.25, -0.2) is 4.98 Å². The van der Waals surface area contributed by atoms with E-state index >= 15 is 0 Å². The van der Waals surface area contributed by atoms with Crippen molar-refractivity contribution < 1.29 is 9.21 Å². The van der Waals surface area contributed by atoms with Crippen molar-refractivity contribution in [3.8, 4) is 0 Å². The minimum Gasteiger partial charge on any atom is -0.472 e. The Kier molecular flexibility index (Phi) is 3.27. The monoisotopic (exact) mass is 303 g/mol. The first-order valence-electron chi connectivity index (χ1n) is 7.20. The maximum atomic E-state index is 12.3. The molecular formula is C15H17N3O2S. The van der Waals surface area contributed by atoms with Crippen LogP contribution in [-0.4, -0.2) is 46.9 Å². The molecule has 0 radical (unpaired) electrons. The van der Waals surface area contributed by atoms with Gasteiger partial charge >= 0.3 is 0 Å². The second kappa shape index (κ2) is 5.27. The second-order valence-corrected chi connectivity index (χ2v) is 6.65. The number of carbonyl (C=O) groups excluding carboxylic acids is 1. The molecule has 0 unspecified atom stereocenters. The van der Waals surface area contributed by atoms with E-state index in [0.717, 1.165) is 32.7 Å². The first kappa shape index (κ1) is 13.0. The molecule has 2 aromatic heterocycles. The Morgan fingerprint density at radius 3 is 2.76 bits per heavy atom. The van der Waals surface area contributed by atoms with E-state index in [4.69, 9.17) is 4.42 Å². The van der Waals surface area contributed by atoms with E-state index in [-0.39, 0.29) is 5.91 Å². The van der Waals surface area contributed by atoms with E-state index in [1.807, 2.05) is 22.6 Å². The maximum absolute atomic E-state index is 12.3. The quantitative estimate of drug-likeness (QED) is 0.869. The lowest BCUT2D eigenvalue weighted by Crippen LogP contribution is -2.33. The number of hydrogen-bond acceptors (Lipinski definition) is 5. The summed E-state index contributed by atoms with van der Waals surface area (Å²) in [6.45, 7) is 4.81. The van der Waals surface area contributed by atoms with Gasteiger partial charge in [-0.2, -0.15) is 0 Å². The summed E-state index contributed by atoms with van der Waals surface area (Å²) in [5.74, 6) is 1.28. The van der Waals surface area contributed by atoms with Crippen LogP contribution in [0.2, 0.25) is 0 Å². The van der Waals surface area contributed by atoms with Crippen LogP contribution < -0.4 is 0 Å². The van der Waals surface area contributed by atoms with Crippen molar-refractivity contribution in [2.45, 2.75) is 6.54 Å². The van der Waals surface area contributed by atoms with Crippen LogP contribution in [0.5, 0.6) is 0 Å². The predicted molar refractivity (Wildman–Crippen MR) is 79.0 cm³/mol. The number of hydrogen-bond donors (Lipinski definition) is 0. The van der Waals surface area contributed by atoms with Crippen molar-refractivity contribution in [2.75, 3.05) is 26.2 Å². The van der Waals surface area contributed by atoms with Gasteiger partial charge in [-0.3, -0.25) is 9.69 Å². The summed E-state index contributed by atoms with van der Waals surface area (Å²) in [6, 6.07) is 2.02. The number of aromatic nitrogens is 1. The fourth-order valence-corrected chi connectivity index (χ4v) is 4.03. The van der Waals surface area contributed by atoms with Crippen LogP contribution in [0.3, 0.4) is 0 Å². The topological polar surface area (TPSA) is 49.6 Å². The molecule has 2 aliphatic heterocycles. The molecule has 0 bridgehead atoms. The summed E-state index contributed by atoms with van der Waals surface area (Å²) in [5.41, 5.74) is 3.54. The lowest BCUT2D eigenvalue weighted by Gasteiger charge is -2.20. The average molecular weight is 303 g/mol. The van der Waals surface area contributed by atoms with Crippen molar-refractivity contribution in [3.05, 3.63) is 40.7 Å². The van der Waals surface area contributed by atoms with Gasteiger partial charge in [0.1, 0.15) is 5.69 Å². The zero-order chi connectivity index (χ0) is 14.2. The van der Waals surface area contributed by atoms with E-state index in [0.29, 0.717) is 17.5 Å². The van der Waals surface area contributed by atoms with Crippen molar-refractivity contribution in [2.24, 2.45) is 11.8 Å². The molecule has 0 N–H and O–H groups in total. The van der Waals surface area contributed by atoms with Gasteiger partial charge in [0.25, 0.3) is 5.91 Å². The van der Waals surface area contributed by atoms with Crippen LogP contribution in [0.15, 0.2) is 33.9 Å². The zero-order valence-electron chi connectivity index (χ0n) is 11.6. The highest BCUT2D eigenvalue weighted by molar-refractivity contribution is 7.07. The van der Waals surface area contributed by atoms with Crippen LogP contribution in [0.1, 0.15) is 16.1 Å². The summed E-state index contributed by atoms with van der Waals surface area (Å²) in [4.78, 5) is 20.9. The van der Waals surface area contributed by atoms with Crippen LogP contribution in [0.4, 0.5) is 0 Å². The molecule has 2 fully saturated rings.